The molecule has 0 bridgehead atoms. The van der Waals surface area contributed by atoms with Crippen molar-refractivity contribution in [3.8, 4) is 0 Å². The van der Waals surface area contributed by atoms with Crippen molar-refractivity contribution in [3.05, 3.63) is 97.1 Å². The number of hydrogen-bond acceptors (Lipinski definition) is 4. The Hall–Kier alpha value is -2.24. The number of aliphatic hydroxyl groups is 1. The summed E-state index contributed by atoms with van der Waals surface area (Å²) in [4.78, 5) is 0. The van der Waals surface area contributed by atoms with Crippen molar-refractivity contribution in [1.29, 1.82) is 0 Å². The fourth-order valence-corrected chi connectivity index (χ4v) is 2.45. The van der Waals surface area contributed by atoms with E-state index in [4.69, 9.17) is 14.2 Å². The van der Waals surface area contributed by atoms with Gasteiger partial charge in [0.2, 0.25) is 0 Å². The van der Waals surface area contributed by atoms with Gasteiger partial charge in [0, 0.05) is 7.11 Å². The predicted octanol–water partition coefficient (Wildman–Crippen LogP) is 5.57. The van der Waals surface area contributed by atoms with Gasteiger partial charge < -0.3 is 19.3 Å². The fourth-order valence-electron chi connectivity index (χ4n) is 2.45. The molecule has 0 heterocycles. The predicted molar refractivity (Wildman–Crippen MR) is 125 cm³/mol. The number of ether oxygens (including phenoxy) is 3. The molecule has 0 unspecified atom stereocenters. The second kappa shape index (κ2) is 18.8. The van der Waals surface area contributed by atoms with E-state index < -0.39 is 6.10 Å². The molecule has 0 fully saturated rings. The number of rotatable bonds is 13. The van der Waals surface area contributed by atoms with Crippen LogP contribution in [0.2, 0.25) is 0 Å². The molecule has 0 aliphatic carbocycles. The molecule has 30 heavy (non-hydrogen) atoms. The van der Waals surface area contributed by atoms with Crippen molar-refractivity contribution in [1.82, 2.24) is 0 Å². The van der Waals surface area contributed by atoms with Crippen molar-refractivity contribution in [2.45, 2.75) is 45.7 Å². The lowest BCUT2D eigenvalue weighted by Crippen LogP contribution is -2.17. The highest BCUT2D eigenvalue weighted by Crippen LogP contribution is 2.04. The molecule has 166 valence electrons. The van der Waals surface area contributed by atoms with Gasteiger partial charge in [-0.1, -0.05) is 80.2 Å². The first-order chi connectivity index (χ1) is 14.2. The third-order valence-corrected chi connectivity index (χ3v) is 4.04. The second-order valence-corrected chi connectivity index (χ2v) is 6.56. The maximum absolute atomic E-state index is 9.33. The first-order valence-corrected chi connectivity index (χ1v) is 9.85. The van der Waals surface area contributed by atoms with E-state index in [2.05, 4.69) is 25.3 Å². The summed E-state index contributed by atoms with van der Waals surface area (Å²) < 4.78 is 16.1. The molecule has 2 atom stereocenters. The minimum Gasteiger partial charge on any atom is -0.390 e. The van der Waals surface area contributed by atoms with Gasteiger partial charge in [-0.3, -0.25) is 0 Å². The van der Waals surface area contributed by atoms with Gasteiger partial charge in [0.05, 0.1) is 38.6 Å². The van der Waals surface area contributed by atoms with Crippen LogP contribution in [-0.4, -0.2) is 37.6 Å². The van der Waals surface area contributed by atoms with E-state index >= 15 is 0 Å². The summed E-state index contributed by atoms with van der Waals surface area (Å²) in [6.45, 7) is 9.39. The molecule has 0 aliphatic rings. The Bertz CT molecular complexity index is 643. The van der Waals surface area contributed by atoms with E-state index in [0.717, 1.165) is 12.0 Å². The monoisotopic (exact) mass is 414 g/mol. The van der Waals surface area contributed by atoms with E-state index in [9.17, 15) is 5.11 Å². The Kier molecular flexibility index (Phi) is 17.4. The van der Waals surface area contributed by atoms with E-state index in [1.54, 1.807) is 13.2 Å². The van der Waals surface area contributed by atoms with Gasteiger partial charge in [-0.05, 0) is 24.0 Å². The molecule has 0 aliphatic heterocycles. The van der Waals surface area contributed by atoms with Crippen molar-refractivity contribution < 1.29 is 19.3 Å². The summed E-state index contributed by atoms with van der Waals surface area (Å²) in [6, 6.07) is 20.0. The SMILES string of the molecule is C.C=CC[C@@H](COCc1ccccc1)OC.C=CC[C@H](O)COCc1ccccc1. The number of benzene rings is 2. The van der Waals surface area contributed by atoms with Gasteiger partial charge in [0.15, 0.2) is 0 Å². The summed E-state index contributed by atoms with van der Waals surface area (Å²) in [5, 5.41) is 9.33. The molecular formula is C26H38O4. The van der Waals surface area contributed by atoms with E-state index in [1.165, 1.54) is 5.56 Å². The van der Waals surface area contributed by atoms with Gasteiger partial charge >= 0.3 is 0 Å². The Morgan fingerprint density at radius 3 is 1.70 bits per heavy atom. The average Bonchev–Trinajstić information content (AvgIpc) is 2.75. The lowest BCUT2D eigenvalue weighted by Gasteiger charge is -2.13. The van der Waals surface area contributed by atoms with Crippen LogP contribution in [0.25, 0.3) is 0 Å². The molecule has 0 saturated carbocycles. The summed E-state index contributed by atoms with van der Waals surface area (Å²) in [7, 11) is 1.69. The van der Waals surface area contributed by atoms with Crippen molar-refractivity contribution in [2.24, 2.45) is 0 Å². The van der Waals surface area contributed by atoms with Crippen LogP contribution >= 0.6 is 0 Å². The molecule has 1 N–H and O–H groups in total. The van der Waals surface area contributed by atoms with Crippen molar-refractivity contribution in [2.75, 3.05) is 20.3 Å². The smallest absolute Gasteiger partial charge is 0.0839 e. The Morgan fingerprint density at radius 1 is 0.800 bits per heavy atom. The van der Waals surface area contributed by atoms with Crippen LogP contribution in [-0.2, 0) is 27.4 Å². The van der Waals surface area contributed by atoms with Gasteiger partial charge in [-0.25, -0.2) is 0 Å². The van der Waals surface area contributed by atoms with Crippen LogP contribution in [0, 0.1) is 0 Å². The standard InChI is InChI=1S/C13H18O2.C12H16O2.CH4/c1-3-7-13(14-2)11-15-10-12-8-5-4-6-9-12;1-2-6-12(13)10-14-9-11-7-4-3-5-8-11;/h3-6,8-9,13H,1,7,10-11H2,2H3;2-5,7-8,12-13H,1,6,9-10H2;1H4/t13-;12-;/m00./s1. The zero-order chi connectivity index (χ0) is 21.2. The van der Waals surface area contributed by atoms with Crippen molar-refractivity contribution in [3.63, 3.8) is 0 Å². The Balaban J connectivity index is 0.000000544. The Morgan fingerprint density at radius 2 is 1.27 bits per heavy atom. The van der Waals surface area contributed by atoms with Crippen LogP contribution < -0.4 is 0 Å². The molecule has 4 heteroatoms. The largest absolute Gasteiger partial charge is 0.390 e. The number of aliphatic hydroxyl groups excluding tert-OH is 1. The lowest BCUT2D eigenvalue weighted by molar-refractivity contribution is 0.00386. The topological polar surface area (TPSA) is 47.9 Å². The van der Waals surface area contributed by atoms with E-state index in [0.29, 0.717) is 32.8 Å². The first-order valence-electron chi connectivity index (χ1n) is 9.85. The van der Waals surface area contributed by atoms with Crippen LogP contribution in [0.1, 0.15) is 31.4 Å². The number of methoxy groups -OCH3 is 1. The van der Waals surface area contributed by atoms with E-state index in [-0.39, 0.29) is 13.5 Å². The molecule has 0 aromatic heterocycles. The molecule has 0 spiro atoms. The normalized spacial score (nSPS) is 11.9. The maximum Gasteiger partial charge on any atom is 0.0839 e. The van der Waals surface area contributed by atoms with Gasteiger partial charge in [0.1, 0.15) is 0 Å². The maximum atomic E-state index is 9.33. The highest BCUT2D eigenvalue weighted by atomic mass is 16.5. The van der Waals surface area contributed by atoms with Gasteiger partial charge in [-0.15, -0.1) is 13.2 Å². The summed E-state index contributed by atoms with van der Waals surface area (Å²) in [5.74, 6) is 0. The van der Waals surface area contributed by atoms with E-state index in [1.807, 2.05) is 54.6 Å². The summed E-state index contributed by atoms with van der Waals surface area (Å²) in [6.07, 6.45) is 4.62. The minimum atomic E-state index is -0.434. The molecule has 0 saturated heterocycles. The van der Waals surface area contributed by atoms with Gasteiger partial charge in [-0.2, -0.15) is 0 Å². The number of hydrogen-bond donors (Lipinski definition) is 1. The fraction of sp³-hybridized carbons (Fsp3) is 0.385. The van der Waals surface area contributed by atoms with Crippen LogP contribution in [0.4, 0.5) is 0 Å². The van der Waals surface area contributed by atoms with Crippen molar-refractivity contribution >= 4 is 0 Å². The molecule has 4 nitrogen and oxygen atoms in total. The highest BCUT2D eigenvalue weighted by Gasteiger charge is 2.04. The summed E-state index contributed by atoms with van der Waals surface area (Å²) >= 11 is 0. The zero-order valence-electron chi connectivity index (χ0n) is 17.4. The van der Waals surface area contributed by atoms with Crippen LogP contribution in [0.3, 0.4) is 0 Å². The third kappa shape index (κ3) is 13.9. The molecule has 0 radical (unpaired) electrons. The Labute approximate surface area is 182 Å². The quantitative estimate of drug-likeness (QED) is 0.435. The highest BCUT2D eigenvalue weighted by molar-refractivity contribution is 5.14. The molecule has 2 aromatic rings. The molecule has 2 aromatic carbocycles. The molecular weight excluding hydrogens is 376 g/mol. The average molecular weight is 415 g/mol. The van der Waals surface area contributed by atoms with Gasteiger partial charge in [0.25, 0.3) is 0 Å². The second-order valence-electron chi connectivity index (χ2n) is 6.56. The zero-order valence-corrected chi connectivity index (χ0v) is 17.4. The lowest BCUT2D eigenvalue weighted by atomic mass is 10.2. The van der Waals surface area contributed by atoms with Crippen LogP contribution in [0.5, 0.6) is 0 Å². The minimum absolute atomic E-state index is 0. The molecule has 0 amide bonds. The van der Waals surface area contributed by atoms with Crippen LogP contribution in [0.15, 0.2) is 86.0 Å². The molecule has 2 rings (SSSR count). The first kappa shape index (κ1) is 27.8. The third-order valence-electron chi connectivity index (χ3n) is 4.04. The summed E-state index contributed by atoms with van der Waals surface area (Å²) in [5.41, 5.74) is 2.31.